The Hall–Kier alpha value is -2.41. The molecular formula is C17H21FN4O2. The van der Waals surface area contributed by atoms with Crippen LogP contribution >= 0.6 is 0 Å². The van der Waals surface area contributed by atoms with Crippen LogP contribution in [-0.2, 0) is 0 Å². The van der Waals surface area contributed by atoms with Gasteiger partial charge in [-0.3, -0.25) is 9.69 Å². The van der Waals surface area contributed by atoms with Crippen molar-refractivity contribution in [3.63, 3.8) is 0 Å². The van der Waals surface area contributed by atoms with Gasteiger partial charge in [0, 0.05) is 45.0 Å². The maximum atomic E-state index is 13.7. The molecule has 1 saturated heterocycles. The van der Waals surface area contributed by atoms with Crippen molar-refractivity contribution in [2.45, 2.75) is 12.5 Å². The number of amides is 3. The van der Waals surface area contributed by atoms with Gasteiger partial charge in [0.1, 0.15) is 5.82 Å². The highest BCUT2D eigenvalue weighted by molar-refractivity contribution is 5.97. The maximum Gasteiger partial charge on any atom is 0.321 e. The van der Waals surface area contributed by atoms with Gasteiger partial charge in [0.2, 0.25) is 0 Å². The lowest BCUT2D eigenvalue weighted by Gasteiger charge is -2.23. The van der Waals surface area contributed by atoms with Crippen LogP contribution in [-0.4, -0.2) is 61.0 Å². The summed E-state index contributed by atoms with van der Waals surface area (Å²) in [6, 6.07) is 4.14. The van der Waals surface area contributed by atoms with Crippen LogP contribution in [0.25, 0.3) is 0 Å². The van der Waals surface area contributed by atoms with E-state index in [1.807, 2.05) is 0 Å². The van der Waals surface area contributed by atoms with E-state index in [1.165, 1.54) is 25.2 Å². The highest BCUT2D eigenvalue weighted by Gasteiger charge is 2.30. The first-order valence-corrected chi connectivity index (χ1v) is 8.05. The van der Waals surface area contributed by atoms with Crippen LogP contribution in [0, 0.1) is 5.82 Å². The SMILES string of the molecule is CNC(=O)c1cc(NC(=O)N2CC[C@@H](N3CC=CC3)C2)ccc1F. The molecule has 2 aliphatic heterocycles. The number of rotatable bonds is 3. The number of hydrogen-bond donors (Lipinski definition) is 2. The topological polar surface area (TPSA) is 64.7 Å². The smallest absolute Gasteiger partial charge is 0.321 e. The Kier molecular flexibility index (Phi) is 4.80. The minimum Gasteiger partial charge on any atom is -0.355 e. The summed E-state index contributed by atoms with van der Waals surface area (Å²) in [4.78, 5) is 28.1. The van der Waals surface area contributed by atoms with Gasteiger partial charge in [-0.25, -0.2) is 9.18 Å². The Balaban J connectivity index is 1.62. The van der Waals surface area contributed by atoms with Crippen molar-refractivity contribution < 1.29 is 14.0 Å². The first kappa shape index (κ1) is 16.4. The Morgan fingerprint density at radius 1 is 1.25 bits per heavy atom. The van der Waals surface area contributed by atoms with Gasteiger partial charge >= 0.3 is 6.03 Å². The third-order valence-corrected chi connectivity index (χ3v) is 4.50. The van der Waals surface area contributed by atoms with Gasteiger partial charge in [-0.2, -0.15) is 0 Å². The van der Waals surface area contributed by atoms with Crippen molar-refractivity contribution in [2.24, 2.45) is 0 Å². The molecule has 2 heterocycles. The van der Waals surface area contributed by atoms with E-state index in [4.69, 9.17) is 0 Å². The van der Waals surface area contributed by atoms with Crippen LogP contribution in [0.5, 0.6) is 0 Å². The van der Waals surface area contributed by atoms with Crippen molar-refractivity contribution in [3.8, 4) is 0 Å². The molecule has 3 amide bonds. The zero-order valence-electron chi connectivity index (χ0n) is 13.6. The quantitative estimate of drug-likeness (QED) is 0.828. The second kappa shape index (κ2) is 7.00. The second-order valence-electron chi connectivity index (χ2n) is 6.02. The Labute approximate surface area is 140 Å². The number of nitrogens with zero attached hydrogens (tertiary/aromatic N) is 2. The monoisotopic (exact) mass is 332 g/mol. The summed E-state index contributed by atoms with van der Waals surface area (Å²) in [6.07, 6.45) is 5.23. The molecule has 1 aromatic carbocycles. The van der Waals surface area contributed by atoms with E-state index in [0.29, 0.717) is 24.8 Å². The van der Waals surface area contributed by atoms with E-state index in [2.05, 4.69) is 27.7 Å². The average Bonchev–Trinajstić information content (AvgIpc) is 3.26. The number of carbonyl (C=O) groups excluding carboxylic acids is 2. The molecule has 1 aromatic rings. The van der Waals surface area contributed by atoms with Crippen molar-refractivity contribution >= 4 is 17.6 Å². The fourth-order valence-electron chi connectivity index (χ4n) is 3.13. The summed E-state index contributed by atoms with van der Waals surface area (Å²) in [5, 5.41) is 5.13. The molecule has 0 aromatic heterocycles. The number of urea groups is 1. The molecule has 2 N–H and O–H groups in total. The van der Waals surface area contributed by atoms with E-state index in [1.54, 1.807) is 4.90 Å². The Bertz CT molecular complexity index is 669. The first-order chi connectivity index (χ1) is 11.6. The van der Waals surface area contributed by atoms with Crippen LogP contribution < -0.4 is 10.6 Å². The summed E-state index contributed by atoms with van der Waals surface area (Å²) < 4.78 is 13.7. The molecule has 0 saturated carbocycles. The number of hydrogen-bond acceptors (Lipinski definition) is 3. The number of anilines is 1. The highest BCUT2D eigenvalue weighted by atomic mass is 19.1. The normalized spacial score (nSPS) is 20.4. The lowest BCUT2D eigenvalue weighted by atomic mass is 10.1. The second-order valence-corrected chi connectivity index (χ2v) is 6.02. The lowest BCUT2D eigenvalue weighted by molar-refractivity contribution is 0.0959. The average molecular weight is 332 g/mol. The molecular weight excluding hydrogens is 311 g/mol. The number of halogens is 1. The van der Waals surface area contributed by atoms with Crippen LogP contribution in [0.2, 0.25) is 0 Å². The molecule has 6 nitrogen and oxygen atoms in total. The zero-order valence-corrected chi connectivity index (χ0v) is 13.6. The maximum absolute atomic E-state index is 13.7. The van der Waals surface area contributed by atoms with Crippen molar-refractivity contribution in [1.29, 1.82) is 0 Å². The zero-order chi connectivity index (χ0) is 17.1. The summed E-state index contributed by atoms with van der Waals surface area (Å²) in [5.41, 5.74) is 0.323. The summed E-state index contributed by atoms with van der Waals surface area (Å²) in [5.74, 6) is -1.14. The standard InChI is InChI=1S/C17H21FN4O2/c1-19-16(23)14-10-12(4-5-15(14)18)20-17(24)22-9-6-13(11-22)21-7-2-3-8-21/h2-5,10,13H,6-9,11H2,1H3,(H,19,23)(H,20,24)/t13-/m1/s1. The molecule has 24 heavy (non-hydrogen) atoms. The van der Waals surface area contributed by atoms with E-state index in [9.17, 15) is 14.0 Å². The molecule has 0 radical (unpaired) electrons. The summed E-state index contributed by atoms with van der Waals surface area (Å²) in [7, 11) is 1.44. The Morgan fingerprint density at radius 3 is 2.71 bits per heavy atom. The summed E-state index contributed by atoms with van der Waals surface area (Å²) in [6.45, 7) is 3.24. The predicted octanol–water partition coefficient (Wildman–Crippen LogP) is 1.66. The molecule has 0 spiro atoms. The van der Waals surface area contributed by atoms with Crippen molar-refractivity contribution in [3.05, 3.63) is 41.7 Å². The number of benzene rings is 1. The Morgan fingerprint density at radius 2 is 2.00 bits per heavy atom. The van der Waals surface area contributed by atoms with Gasteiger partial charge in [0.25, 0.3) is 5.91 Å². The largest absolute Gasteiger partial charge is 0.355 e. The number of nitrogens with one attached hydrogen (secondary N) is 2. The molecule has 0 aliphatic carbocycles. The fourth-order valence-corrected chi connectivity index (χ4v) is 3.13. The van der Waals surface area contributed by atoms with E-state index >= 15 is 0 Å². The molecule has 0 unspecified atom stereocenters. The third-order valence-electron chi connectivity index (χ3n) is 4.50. The van der Waals surface area contributed by atoms with Gasteiger partial charge in [-0.15, -0.1) is 0 Å². The molecule has 7 heteroatoms. The van der Waals surface area contributed by atoms with Crippen molar-refractivity contribution in [2.75, 3.05) is 38.5 Å². The van der Waals surface area contributed by atoms with E-state index in [-0.39, 0.29) is 11.6 Å². The van der Waals surface area contributed by atoms with Crippen LogP contribution in [0.15, 0.2) is 30.4 Å². The molecule has 2 aliphatic rings. The number of likely N-dealkylation sites (tertiary alicyclic amines) is 1. The third kappa shape index (κ3) is 3.41. The fraction of sp³-hybridized carbons (Fsp3) is 0.412. The van der Waals surface area contributed by atoms with Gasteiger partial charge in [0.15, 0.2) is 0 Å². The van der Waals surface area contributed by atoms with E-state index < -0.39 is 11.7 Å². The van der Waals surface area contributed by atoms with Gasteiger partial charge in [0.05, 0.1) is 5.56 Å². The minimum atomic E-state index is -0.616. The highest BCUT2D eigenvalue weighted by Crippen LogP contribution is 2.20. The van der Waals surface area contributed by atoms with Gasteiger partial charge < -0.3 is 15.5 Å². The molecule has 128 valence electrons. The predicted molar refractivity (Wildman–Crippen MR) is 89.5 cm³/mol. The van der Waals surface area contributed by atoms with Crippen LogP contribution in [0.4, 0.5) is 14.9 Å². The molecule has 0 bridgehead atoms. The van der Waals surface area contributed by atoms with Crippen LogP contribution in [0.1, 0.15) is 16.8 Å². The van der Waals surface area contributed by atoms with Gasteiger partial charge in [-0.1, -0.05) is 12.2 Å². The van der Waals surface area contributed by atoms with Gasteiger partial charge in [-0.05, 0) is 24.6 Å². The molecule has 3 rings (SSSR count). The molecule has 1 fully saturated rings. The number of carbonyl (C=O) groups is 2. The minimum absolute atomic E-state index is 0.0854. The van der Waals surface area contributed by atoms with Crippen molar-refractivity contribution in [1.82, 2.24) is 15.1 Å². The summed E-state index contributed by atoms with van der Waals surface area (Å²) >= 11 is 0. The van der Waals surface area contributed by atoms with Crippen LogP contribution in [0.3, 0.4) is 0 Å². The van der Waals surface area contributed by atoms with E-state index in [0.717, 1.165) is 19.5 Å². The lowest BCUT2D eigenvalue weighted by Crippen LogP contribution is -2.38. The first-order valence-electron chi connectivity index (χ1n) is 8.05. The molecule has 1 atom stereocenters.